The Bertz CT molecular complexity index is 285. The van der Waals surface area contributed by atoms with Crippen molar-refractivity contribution in [3.05, 3.63) is 0 Å². The van der Waals surface area contributed by atoms with Crippen LogP contribution in [0.15, 0.2) is 0 Å². The number of rotatable bonds is 4. The molecule has 0 atom stereocenters. The van der Waals surface area contributed by atoms with Crippen LogP contribution >= 0.6 is 0 Å². The smallest absolute Gasteiger partial charge is 0.350 e. The zero-order valence-electron chi connectivity index (χ0n) is 7.54. The van der Waals surface area contributed by atoms with Crippen LogP contribution in [0.1, 0.15) is 25.7 Å². The molecule has 0 unspecified atom stereocenters. The van der Waals surface area contributed by atoms with Crippen LogP contribution in [0.5, 0.6) is 0 Å². The average Bonchev–Trinajstić information content (AvgIpc) is 2.50. The first-order valence-corrected chi connectivity index (χ1v) is 5.89. The van der Waals surface area contributed by atoms with Gasteiger partial charge in [0.25, 0.3) is 10.0 Å². The zero-order valence-corrected chi connectivity index (χ0v) is 8.36. The van der Waals surface area contributed by atoms with Gasteiger partial charge < -0.3 is 5.11 Å². The number of halogens is 2. The van der Waals surface area contributed by atoms with Crippen LogP contribution in [0.3, 0.4) is 0 Å². The number of alkyl halides is 2. The van der Waals surface area contributed by atoms with Gasteiger partial charge in [-0.25, -0.2) is 13.1 Å². The number of hydrogen-bond donors (Lipinski definition) is 2. The SMILES string of the molecule is O=S(=O)(NCC1(O)CCCC1)C(F)F. The van der Waals surface area contributed by atoms with E-state index in [1.165, 1.54) is 0 Å². The van der Waals surface area contributed by atoms with Crippen molar-refractivity contribution in [2.75, 3.05) is 6.54 Å². The molecule has 1 rings (SSSR count). The van der Waals surface area contributed by atoms with Crippen molar-refractivity contribution in [2.45, 2.75) is 37.0 Å². The molecule has 0 radical (unpaired) electrons. The van der Waals surface area contributed by atoms with Crippen LogP contribution in [0.25, 0.3) is 0 Å². The van der Waals surface area contributed by atoms with E-state index >= 15 is 0 Å². The quantitative estimate of drug-likeness (QED) is 0.734. The summed E-state index contributed by atoms with van der Waals surface area (Å²) in [4.78, 5) is 0. The minimum atomic E-state index is -4.57. The number of hydrogen-bond acceptors (Lipinski definition) is 3. The molecule has 0 bridgehead atoms. The second-order valence-electron chi connectivity index (χ2n) is 3.56. The van der Waals surface area contributed by atoms with E-state index in [2.05, 4.69) is 0 Å². The molecule has 0 aliphatic heterocycles. The van der Waals surface area contributed by atoms with E-state index < -0.39 is 21.4 Å². The summed E-state index contributed by atoms with van der Waals surface area (Å²) in [5.74, 6) is -3.44. The third-order valence-electron chi connectivity index (χ3n) is 2.37. The van der Waals surface area contributed by atoms with Gasteiger partial charge >= 0.3 is 5.76 Å². The van der Waals surface area contributed by atoms with Gasteiger partial charge in [0.05, 0.1) is 5.60 Å². The standard InChI is InChI=1S/C7H13F2NO3S/c8-6(9)14(12,13)10-5-7(11)3-1-2-4-7/h6,10-11H,1-5H2. The molecule has 4 nitrogen and oxygen atoms in total. The second kappa shape index (κ2) is 4.08. The molecule has 1 aliphatic carbocycles. The van der Waals surface area contributed by atoms with E-state index in [4.69, 9.17) is 0 Å². The average molecular weight is 229 g/mol. The molecule has 7 heteroatoms. The summed E-state index contributed by atoms with van der Waals surface area (Å²) in [7, 11) is -4.57. The Kier molecular flexibility index (Phi) is 3.44. The number of nitrogens with one attached hydrogen (secondary N) is 1. The van der Waals surface area contributed by atoms with E-state index in [-0.39, 0.29) is 6.54 Å². The summed E-state index contributed by atoms with van der Waals surface area (Å²) in [6, 6.07) is 0. The topological polar surface area (TPSA) is 66.4 Å². The number of sulfonamides is 1. The van der Waals surface area contributed by atoms with Crippen LogP contribution in [0.4, 0.5) is 8.78 Å². The van der Waals surface area contributed by atoms with Crippen molar-refractivity contribution in [1.82, 2.24) is 4.72 Å². The van der Waals surface area contributed by atoms with Gasteiger partial charge in [0.2, 0.25) is 0 Å². The Balaban J connectivity index is 2.48. The van der Waals surface area contributed by atoms with Crippen LogP contribution in [-0.4, -0.2) is 31.4 Å². The van der Waals surface area contributed by atoms with E-state index in [0.717, 1.165) is 12.8 Å². The first kappa shape index (κ1) is 11.8. The highest BCUT2D eigenvalue weighted by molar-refractivity contribution is 7.89. The minimum Gasteiger partial charge on any atom is -0.389 e. The molecule has 0 saturated heterocycles. The molecule has 1 fully saturated rings. The molecule has 0 heterocycles. The van der Waals surface area contributed by atoms with Crippen LogP contribution < -0.4 is 4.72 Å². The third-order valence-corrected chi connectivity index (χ3v) is 3.39. The van der Waals surface area contributed by atoms with Crippen LogP contribution in [0, 0.1) is 0 Å². The lowest BCUT2D eigenvalue weighted by Gasteiger charge is -2.21. The molecule has 0 amide bonds. The third kappa shape index (κ3) is 2.86. The first-order valence-electron chi connectivity index (χ1n) is 4.35. The predicted molar refractivity (Wildman–Crippen MR) is 46.3 cm³/mol. The van der Waals surface area contributed by atoms with Gasteiger partial charge in [-0.15, -0.1) is 0 Å². The van der Waals surface area contributed by atoms with Gasteiger partial charge in [-0.1, -0.05) is 12.8 Å². The molecule has 1 saturated carbocycles. The maximum Gasteiger partial charge on any atom is 0.350 e. The monoisotopic (exact) mass is 229 g/mol. The Morgan fingerprint density at radius 2 is 1.86 bits per heavy atom. The lowest BCUT2D eigenvalue weighted by molar-refractivity contribution is 0.0527. The highest BCUT2D eigenvalue weighted by Gasteiger charge is 2.34. The molecular weight excluding hydrogens is 216 g/mol. The van der Waals surface area contributed by atoms with Gasteiger partial charge in [0.1, 0.15) is 0 Å². The molecule has 84 valence electrons. The van der Waals surface area contributed by atoms with Gasteiger partial charge in [-0.3, -0.25) is 0 Å². The Morgan fingerprint density at radius 1 is 1.36 bits per heavy atom. The lowest BCUT2D eigenvalue weighted by Crippen LogP contribution is -2.42. The summed E-state index contributed by atoms with van der Waals surface area (Å²) in [6.07, 6.45) is 2.51. The molecular formula is C7H13F2NO3S. The Labute approximate surface area is 81.4 Å². The summed E-state index contributed by atoms with van der Waals surface area (Å²) in [5, 5.41) is 9.66. The summed E-state index contributed by atoms with van der Waals surface area (Å²) in [6.45, 7) is -0.320. The Morgan fingerprint density at radius 3 is 2.29 bits per heavy atom. The van der Waals surface area contributed by atoms with Crippen molar-refractivity contribution < 1.29 is 22.3 Å². The maximum atomic E-state index is 11.9. The van der Waals surface area contributed by atoms with Crippen molar-refractivity contribution in [3.63, 3.8) is 0 Å². The van der Waals surface area contributed by atoms with E-state index in [9.17, 15) is 22.3 Å². The molecule has 2 N–H and O–H groups in total. The summed E-state index contributed by atoms with van der Waals surface area (Å²) in [5.41, 5.74) is -1.14. The van der Waals surface area contributed by atoms with Crippen molar-refractivity contribution in [2.24, 2.45) is 0 Å². The minimum absolute atomic E-state index is 0.320. The first-order chi connectivity index (χ1) is 6.36. The number of aliphatic hydroxyl groups is 1. The molecule has 1 aliphatic rings. The van der Waals surface area contributed by atoms with Gasteiger partial charge in [-0.2, -0.15) is 8.78 Å². The lowest BCUT2D eigenvalue weighted by atomic mass is 10.0. The van der Waals surface area contributed by atoms with E-state index in [1.807, 2.05) is 0 Å². The summed E-state index contributed by atoms with van der Waals surface area (Å²) < 4.78 is 46.8. The second-order valence-corrected chi connectivity index (χ2v) is 5.29. The molecule has 14 heavy (non-hydrogen) atoms. The van der Waals surface area contributed by atoms with Crippen molar-refractivity contribution in [1.29, 1.82) is 0 Å². The van der Waals surface area contributed by atoms with Crippen molar-refractivity contribution >= 4 is 10.0 Å². The van der Waals surface area contributed by atoms with Crippen LogP contribution in [0.2, 0.25) is 0 Å². The van der Waals surface area contributed by atoms with Crippen molar-refractivity contribution in [3.8, 4) is 0 Å². The fraction of sp³-hybridized carbons (Fsp3) is 1.00. The zero-order chi connectivity index (χ0) is 10.8. The van der Waals surface area contributed by atoms with Gasteiger partial charge in [0.15, 0.2) is 0 Å². The van der Waals surface area contributed by atoms with Gasteiger partial charge in [-0.05, 0) is 12.8 Å². The Hall–Kier alpha value is -0.270. The molecule has 0 aromatic carbocycles. The highest BCUT2D eigenvalue weighted by atomic mass is 32.2. The van der Waals surface area contributed by atoms with Gasteiger partial charge in [0, 0.05) is 6.54 Å². The summed E-state index contributed by atoms with van der Waals surface area (Å²) >= 11 is 0. The molecule has 0 aromatic rings. The van der Waals surface area contributed by atoms with Crippen LogP contribution in [-0.2, 0) is 10.0 Å². The largest absolute Gasteiger partial charge is 0.389 e. The fourth-order valence-corrected chi connectivity index (χ4v) is 2.10. The molecule has 0 aromatic heterocycles. The van der Waals surface area contributed by atoms with E-state index in [0.29, 0.717) is 12.8 Å². The maximum absolute atomic E-state index is 11.9. The fourth-order valence-electron chi connectivity index (χ4n) is 1.51. The van der Waals surface area contributed by atoms with E-state index in [1.54, 1.807) is 4.72 Å². The molecule has 0 spiro atoms. The highest BCUT2D eigenvalue weighted by Crippen LogP contribution is 2.28. The normalized spacial score (nSPS) is 21.7. The predicted octanol–water partition coefficient (Wildman–Crippen LogP) is 0.433.